The second kappa shape index (κ2) is 7.13. The average molecular weight is 397 g/mol. The van der Waals surface area contributed by atoms with E-state index < -0.39 is 6.04 Å². The summed E-state index contributed by atoms with van der Waals surface area (Å²) >= 11 is 0. The van der Waals surface area contributed by atoms with E-state index in [0.717, 1.165) is 29.8 Å². The topological polar surface area (TPSA) is 79.0 Å². The molecular formula is C22H27N3O4. The van der Waals surface area contributed by atoms with E-state index in [2.05, 4.69) is 17.1 Å². The number of rotatable bonds is 5. The van der Waals surface area contributed by atoms with Crippen molar-refractivity contribution in [2.24, 2.45) is 5.92 Å². The first-order valence-corrected chi connectivity index (χ1v) is 10.7. The fourth-order valence-electron chi connectivity index (χ4n) is 5.73. The van der Waals surface area contributed by atoms with Crippen LogP contribution in [0.4, 0.5) is 0 Å². The minimum Gasteiger partial charge on any atom is -0.492 e. The highest BCUT2D eigenvalue weighted by Crippen LogP contribution is 2.42. The van der Waals surface area contributed by atoms with E-state index >= 15 is 0 Å². The number of nitrogens with one attached hydrogen (secondary N) is 1. The number of likely N-dealkylation sites (tertiary alicyclic amines) is 1. The monoisotopic (exact) mass is 397 g/mol. The number of amides is 3. The van der Waals surface area contributed by atoms with Crippen molar-refractivity contribution in [3.8, 4) is 5.75 Å². The summed E-state index contributed by atoms with van der Waals surface area (Å²) in [5, 5.41) is 2.34. The molecule has 4 aliphatic rings. The van der Waals surface area contributed by atoms with Crippen molar-refractivity contribution in [1.82, 2.24) is 15.1 Å². The highest BCUT2D eigenvalue weighted by atomic mass is 16.5. The standard InChI is InChI=1S/C22H27N3O4/c1-2-24-15-4-3-13(9-15)19(24)12-29-16-5-6-17-14(10-16)11-25(22(17)28)18-7-8-20(26)23-21(18)27/h5-6,10,13,15,18-19H,2-4,7-9,11-12H2,1H3,(H,23,26,27)/t13-,15+,18?,19+/m0/s1. The Bertz CT molecular complexity index is 870. The molecule has 7 nitrogen and oxygen atoms in total. The van der Waals surface area contributed by atoms with E-state index in [1.807, 2.05) is 12.1 Å². The van der Waals surface area contributed by atoms with Crippen LogP contribution in [0.5, 0.6) is 5.75 Å². The van der Waals surface area contributed by atoms with E-state index in [1.54, 1.807) is 11.0 Å². The molecule has 3 heterocycles. The van der Waals surface area contributed by atoms with Crippen LogP contribution in [-0.4, -0.2) is 58.8 Å². The van der Waals surface area contributed by atoms with Crippen LogP contribution in [-0.2, 0) is 16.1 Å². The minimum absolute atomic E-state index is 0.147. The number of benzene rings is 1. The fourth-order valence-corrected chi connectivity index (χ4v) is 5.73. The van der Waals surface area contributed by atoms with Crippen LogP contribution >= 0.6 is 0 Å². The second-order valence-corrected chi connectivity index (χ2v) is 8.65. The van der Waals surface area contributed by atoms with Crippen molar-refractivity contribution in [1.29, 1.82) is 0 Å². The maximum absolute atomic E-state index is 12.8. The van der Waals surface area contributed by atoms with Crippen LogP contribution in [0.1, 0.15) is 54.9 Å². The molecular weight excluding hydrogens is 370 g/mol. The SMILES string of the molecule is CCN1[C@@H]2CC[C@@H](C2)[C@H]1COc1ccc2c(c1)CN(C1CCC(=O)NC1=O)C2=O. The molecule has 1 aromatic rings. The Morgan fingerprint density at radius 2 is 2.03 bits per heavy atom. The van der Waals surface area contributed by atoms with Gasteiger partial charge in [0.25, 0.3) is 5.91 Å². The Morgan fingerprint density at radius 1 is 1.17 bits per heavy atom. The molecule has 0 spiro atoms. The van der Waals surface area contributed by atoms with Crippen LogP contribution in [0, 0.1) is 5.92 Å². The molecule has 3 fully saturated rings. The number of ether oxygens (including phenoxy) is 1. The summed E-state index contributed by atoms with van der Waals surface area (Å²) in [7, 11) is 0. The molecule has 7 heteroatoms. The highest BCUT2D eigenvalue weighted by Gasteiger charge is 2.45. The van der Waals surface area contributed by atoms with Gasteiger partial charge in [-0.1, -0.05) is 6.92 Å². The van der Waals surface area contributed by atoms with E-state index in [1.165, 1.54) is 19.3 Å². The van der Waals surface area contributed by atoms with Crippen molar-refractivity contribution in [2.45, 2.75) is 63.7 Å². The van der Waals surface area contributed by atoms with E-state index in [9.17, 15) is 14.4 Å². The number of fused-ring (bicyclic) bond motifs is 3. The second-order valence-electron chi connectivity index (χ2n) is 8.65. The number of nitrogens with zero attached hydrogens (tertiary/aromatic N) is 2. The molecule has 1 unspecified atom stereocenters. The summed E-state index contributed by atoms with van der Waals surface area (Å²) in [6, 6.07) is 6.21. The van der Waals surface area contributed by atoms with E-state index in [4.69, 9.17) is 4.74 Å². The molecule has 1 aromatic carbocycles. The van der Waals surface area contributed by atoms with Gasteiger partial charge in [-0.15, -0.1) is 0 Å². The van der Waals surface area contributed by atoms with Crippen molar-refractivity contribution in [2.75, 3.05) is 13.2 Å². The Morgan fingerprint density at radius 3 is 2.83 bits per heavy atom. The summed E-state index contributed by atoms with van der Waals surface area (Å²) in [6.07, 6.45) is 4.55. The van der Waals surface area contributed by atoms with Crippen LogP contribution in [0.2, 0.25) is 0 Å². The summed E-state index contributed by atoms with van der Waals surface area (Å²) in [5.41, 5.74) is 1.51. The fraction of sp³-hybridized carbons (Fsp3) is 0.591. The lowest BCUT2D eigenvalue weighted by Gasteiger charge is -2.34. The van der Waals surface area contributed by atoms with Gasteiger partial charge in [-0.3, -0.25) is 24.6 Å². The van der Waals surface area contributed by atoms with Gasteiger partial charge in [0.2, 0.25) is 11.8 Å². The molecule has 5 rings (SSSR count). The molecule has 2 bridgehead atoms. The molecule has 4 atom stereocenters. The zero-order valence-corrected chi connectivity index (χ0v) is 16.7. The van der Waals surface area contributed by atoms with Gasteiger partial charge in [-0.25, -0.2) is 0 Å². The first-order chi connectivity index (χ1) is 14.0. The molecule has 2 saturated heterocycles. The van der Waals surface area contributed by atoms with Crippen molar-refractivity contribution < 1.29 is 19.1 Å². The van der Waals surface area contributed by atoms with Gasteiger partial charge in [0.05, 0.1) is 0 Å². The predicted octanol–water partition coefficient (Wildman–Crippen LogP) is 1.70. The molecule has 154 valence electrons. The average Bonchev–Trinajstić information content (AvgIpc) is 3.40. The normalized spacial score (nSPS) is 31.3. The lowest BCUT2D eigenvalue weighted by molar-refractivity contribution is -0.136. The Hall–Kier alpha value is -2.41. The largest absolute Gasteiger partial charge is 0.492 e. The van der Waals surface area contributed by atoms with Gasteiger partial charge in [0.15, 0.2) is 0 Å². The van der Waals surface area contributed by atoms with Crippen LogP contribution in [0.15, 0.2) is 18.2 Å². The number of hydrogen-bond donors (Lipinski definition) is 1. The van der Waals surface area contributed by atoms with Crippen molar-refractivity contribution >= 4 is 17.7 Å². The third-order valence-corrected chi connectivity index (χ3v) is 7.17. The lowest BCUT2D eigenvalue weighted by Crippen LogP contribution is -2.52. The van der Waals surface area contributed by atoms with Crippen molar-refractivity contribution in [3.63, 3.8) is 0 Å². The molecule has 1 N–H and O–H groups in total. The molecule has 0 radical (unpaired) electrons. The van der Waals surface area contributed by atoms with Gasteiger partial charge in [-0.2, -0.15) is 0 Å². The lowest BCUT2D eigenvalue weighted by atomic mass is 9.99. The summed E-state index contributed by atoms with van der Waals surface area (Å²) in [4.78, 5) is 40.5. The number of imide groups is 1. The Balaban J connectivity index is 1.26. The minimum atomic E-state index is -0.580. The molecule has 3 aliphatic heterocycles. The van der Waals surface area contributed by atoms with Gasteiger partial charge >= 0.3 is 0 Å². The van der Waals surface area contributed by atoms with Crippen LogP contribution in [0.25, 0.3) is 0 Å². The van der Waals surface area contributed by atoms with Gasteiger partial charge in [0.1, 0.15) is 18.4 Å². The van der Waals surface area contributed by atoms with Gasteiger partial charge in [-0.05, 0) is 61.9 Å². The Labute approximate surface area is 170 Å². The zero-order chi connectivity index (χ0) is 20.1. The van der Waals surface area contributed by atoms with E-state index in [-0.39, 0.29) is 24.1 Å². The number of likely N-dealkylation sites (N-methyl/N-ethyl adjacent to an activating group) is 1. The molecule has 29 heavy (non-hydrogen) atoms. The zero-order valence-electron chi connectivity index (χ0n) is 16.7. The van der Waals surface area contributed by atoms with Gasteiger partial charge in [0, 0.05) is 30.6 Å². The molecule has 1 aliphatic carbocycles. The maximum Gasteiger partial charge on any atom is 0.255 e. The third-order valence-electron chi connectivity index (χ3n) is 7.17. The molecule has 1 saturated carbocycles. The van der Waals surface area contributed by atoms with Crippen LogP contribution in [0.3, 0.4) is 0 Å². The molecule has 3 amide bonds. The van der Waals surface area contributed by atoms with Crippen LogP contribution < -0.4 is 10.1 Å². The summed E-state index contributed by atoms with van der Waals surface area (Å²) in [6.45, 7) is 4.35. The summed E-state index contributed by atoms with van der Waals surface area (Å²) < 4.78 is 6.16. The number of hydrogen-bond acceptors (Lipinski definition) is 5. The first kappa shape index (κ1) is 18.6. The maximum atomic E-state index is 12.8. The smallest absolute Gasteiger partial charge is 0.255 e. The highest BCUT2D eigenvalue weighted by molar-refractivity contribution is 6.05. The molecule has 0 aromatic heterocycles. The third kappa shape index (κ3) is 3.12. The number of carbonyl (C=O) groups excluding carboxylic acids is 3. The van der Waals surface area contributed by atoms with Gasteiger partial charge < -0.3 is 9.64 Å². The number of carbonyl (C=O) groups is 3. The van der Waals surface area contributed by atoms with Crippen molar-refractivity contribution in [3.05, 3.63) is 29.3 Å². The first-order valence-electron chi connectivity index (χ1n) is 10.7. The summed E-state index contributed by atoms with van der Waals surface area (Å²) in [5.74, 6) is 0.716. The predicted molar refractivity (Wildman–Crippen MR) is 105 cm³/mol. The van der Waals surface area contributed by atoms with E-state index in [0.29, 0.717) is 31.2 Å². The Kier molecular flexibility index (Phi) is 4.57. The quantitative estimate of drug-likeness (QED) is 0.765. The number of piperidine rings is 2.